The summed E-state index contributed by atoms with van der Waals surface area (Å²) in [5.74, 6) is 1.20. The molecule has 0 aromatic heterocycles. The number of rotatable bonds is 9. The number of fused-ring (bicyclic) bond motifs is 1. The third-order valence-electron chi connectivity index (χ3n) is 6.27. The Morgan fingerprint density at radius 2 is 1.85 bits per heavy atom. The van der Waals surface area contributed by atoms with Crippen molar-refractivity contribution < 1.29 is 14.6 Å². The van der Waals surface area contributed by atoms with Crippen molar-refractivity contribution in [3.63, 3.8) is 0 Å². The Morgan fingerprint density at radius 1 is 1.03 bits per heavy atom. The quantitative estimate of drug-likeness (QED) is 0.469. The summed E-state index contributed by atoms with van der Waals surface area (Å²) in [5, 5.41) is 12.8. The Morgan fingerprint density at radius 3 is 2.67 bits per heavy atom. The molecule has 0 saturated carbocycles. The monoisotopic (exact) mass is 444 g/mol. The van der Waals surface area contributed by atoms with Crippen LogP contribution < -0.4 is 10.1 Å². The minimum atomic E-state index is -0.00243. The number of nitrogens with zero attached hydrogens (tertiary/aromatic N) is 1. The number of nitrogens with one attached hydrogen (secondary N) is 1. The van der Waals surface area contributed by atoms with E-state index in [9.17, 15) is 9.90 Å². The van der Waals surface area contributed by atoms with E-state index in [1.54, 1.807) is 13.2 Å². The van der Waals surface area contributed by atoms with Crippen molar-refractivity contribution in [2.75, 3.05) is 20.2 Å². The molecule has 0 aliphatic carbocycles. The largest absolute Gasteiger partial charge is 0.508 e. The van der Waals surface area contributed by atoms with Gasteiger partial charge in [-0.25, -0.2) is 0 Å². The number of aromatic hydroxyl groups is 1. The molecular weight excluding hydrogens is 412 g/mol. The smallest absolute Gasteiger partial charge is 0.251 e. The molecule has 0 unspecified atom stereocenters. The van der Waals surface area contributed by atoms with Gasteiger partial charge >= 0.3 is 0 Å². The van der Waals surface area contributed by atoms with E-state index in [-0.39, 0.29) is 5.91 Å². The molecule has 3 aromatic carbocycles. The molecule has 0 fully saturated rings. The summed E-state index contributed by atoms with van der Waals surface area (Å²) in [5.41, 5.74) is 5.55. The first-order valence-electron chi connectivity index (χ1n) is 11.6. The molecule has 33 heavy (non-hydrogen) atoms. The molecule has 0 bridgehead atoms. The second kappa shape index (κ2) is 11.0. The highest BCUT2D eigenvalue weighted by Crippen LogP contribution is 2.24. The summed E-state index contributed by atoms with van der Waals surface area (Å²) >= 11 is 0. The average Bonchev–Trinajstić information content (AvgIpc) is 2.84. The first-order valence-corrected chi connectivity index (χ1v) is 11.6. The topological polar surface area (TPSA) is 61.8 Å². The van der Waals surface area contributed by atoms with E-state index in [1.165, 1.54) is 16.7 Å². The van der Waals surface area contributed by atoms with Gasteiger partial charge in [0.2, 0.25) is 0 Å². The van der Waals surface area contributed by atoms with E-state index in [0.29, 0.717) is 12.3 Å². The van der Waals surface area contributed by atoms with Crippen LogP contribution in [0.1, 0.15) is 45.5 Å². The fourth-order valence-corrected chi connectivity index (χ4v) is 4.40. The molecule has 1 heterocycles. The Balaban J connectivity index is 1.27. The SMILES string of the molecule is COc1ccc(CCCCNC(=O)c2ccccc2CN2CCc3cc(O)ccc3C2)cc1. The van der Waals surface area contributed by atoms with E-state index < -0.39 is 0 Å². The average molecular weight is 445 g/mol. The highest BCUT2D eigenvalue weighted by atomic mass is 16.5. The van der Waals surface area contributed by atoms with Gasteiger partial charge in [0.15, 0.2) is 0 Å². The number of phenols is 1. The molecule has 1 aliphatic rings. The Kier molecular flexibility index (Phi) is 7.63. The van der Waals surface area contributed by atoms with Crippen molar-refractivity contribution in [2.24, 2.45) is 0 Å². The number of carbonyl (C=O) groups is 1. The maximum Gasteiger partial charge on any atom is 0.251 e. The van der Waals surface area contributed by atoms with Gasteiger partial charge in [-0.2, -0.15) is 0 Å². The van der Waals surface area contributed by atoms with Gasteiger partial charge in [-0.1, -0.05) is 36.4 Å². The predicted octanol–water partition coefficient (Wildman–Crippen LogP) is 4.71. The van der Waals surface area contributed by atoms with Crippen LogP contribution in [0.25, 0.3) is 0 Å². The highest BCUT2D eigenvalue weighted by Gasteiger charge is 2.19. The van der Waals surface area contributed by atoms with Crippen molar-refractivity contribution in [1.29, 1.82) is 0 Å². The molecule has 0 spiro atoms. The second-order valence-electron chi connectivity index (χ2n) is 8.63. The zero-order chi connectivity index (χ0) is 23.0. The molecule has 3 aromatic rings. The third-order valence-corrected chi connectivity index (χ3v) is 6.27. The molecule has 2 N–H and O–H groups in total. The van der Waals surface area contributed by atoms with E-state index in [2.05, 4.69) is 22.3 Å². The molecule has 0 radical (unpaired) electrons. The minimum Gasteiger partial charge on any atom is -0.508 e. The third kappa shape index (κ3) is 6.14. The number of hydrogen-bond acceptors (Lipinski definition) is 4. The lowest BCUT2D eigenvalue weighted by Gasteiger charge is -2.29. The lowest BCUT2D eigenvalue weighted by atomic mass is 9.98. The number of ether oxygens (including phenoxy) is 1. The standard InChI is InChI=1S/C28H32N2O3/c1-33-26-13-9-21(10-14-26)6-4-5-16-29-28(32)27-8-3-2-7-24(27)20-30-17-15-22-18-25(31)12-11-23(22)19-30/h2-3,7-14,18,31H,4-6,15-17,19-20H2,1H3,(H,29,32). The van der Waals surface area contributed by atoms with E-state index in [0.717, 1.165) is 62.2 Å². The van der Waals surface area contributed by atoms with Gasteiger partial charge in [-0.15, -0.1) is 0 Å². The number of unbranched alkanes of at least 4 members (excludes halogenated alkanes) is 1. The van der Waals surface area contributed by atoms with E-state index in [1.807, 2.05) is 48.5 Å². The van der Waals surface area contributed by atoms with Crippen LogP contribution in [0.4, 0.5) is 0 Å². The van der Waals surface area contributed by atoms with Crippen LogP contribution >= 0.6 is 0 Å². The maximum atomic E-state index is 12.9. The Labute approximate surface area is 196 Å². The molecule has 4 rings (SSSR count). The molecule has 1 aliphatic heterocycles. The lowest BCUT2D eigenvalue weighted by molar-refractivity contribution is 0.0950. The van der Waals surface area contributed by atoms with Crippen molar-refractivity contribution in [1.82, 2.24) is 10.2 Å². The van der Waals surface area contributed by atoms with Crippen LogP contribution in [-0.2, 0) is 25.9 Å². The van der Waals surface area contributed by atoms with E-state index in [4.69, 9.17) is 4.74 Å². The summed E-state index contributed by atoms with van der Waals surface area (Å²) in [6.45, 7) is 3.15. The normalized spacial score (nSPS) is 13.4. The highest BCUT2D eigenvalue weighted by molar-refractivity contribution is 5.95. The van der Waals surface area contributed by atoms with Crippen LogP contribution in [0.3, 0.4) is 0 Å². The van der Waals surface area contributed by atoms with Gasteiger partial charge < -0.3 is 15.2 Å². The van der Waals surface area contributed by atoms with Gasteiger partial charge in [0.05, 0.1) is 7.11 Å². The molecular formula is C28H32N2O3. The fraction of sp³-hybridized carbons (Fsp3) is 0.321. The predicted molar refractivity (Wildman–Crippen MR) is 131 cm³/mol. The van der Waals surface area contributed by atoms with Crippen LogP contribution in [0.15, 0.2) is 66.7 Å². The van der Waals surface area contributed by atoms with Gasteiger partial charge in [0.25, 0.3) is 5.91 Å². The number of hydrogen-bond donors (Lipinski definition) is 2. The maximum absolute atomic E-state index is 12.9. The molecule has 5 nitrogen and oxygen atoms in total. The van der Waals surface area contributed by atoms with Gasteiger partial charge in [0.1, 0.15) is 11.5 Å². The summed E-state index contributed by atoms with van der Waals surface area (Å²) in [4.78, 5) is 15.2. The lowest BCUT2D eigenvalue weighted by Crippen LogP contribution is -2.31. The molecule has 0 saturated heterocycles. The first-order chi connectivity index (χ1) is 16.1. The Hall–Kier alpha value is -3.31. The number of carbonyl (C=O) groups excluding carboxylic acids is 1. The number of methoxy groups -OCH3 is 1. The second-order valence-corrected chi connectivity index (χ2v) is 8.63. The zero-order valence-electron chi connectivity index (χ0n) is 19.2. The van der Waals surface area contributed by atoms with Crippen molar-refractivity contribution in [3.05, 3.63) is 94.5 Å². The summed E-state index contributed by atoms with van der Waals surface area (Å²) in [6.07, 6.45) is 3.86. The molecule has 5 heteroatoms. The fourth-order valence-electron chi connectivity index (χ4n) is 4.40. The van der Waals surface area contributed by atoms with Crippen LogP contribution in [0.5, 0.6) is 11.5 Å². The van der Waals surface area contributed by atoms with Gasteiger partial charge in [-0.05, 0) is 78.3 Å². The van der Waals surface area contributed by atoms with Gasteiger partial charge in [0, 0.05) is 31.7 Å². The molecule has 1 amide bonds. The molecule has 0 atom stereocenters. The van der Waals surface area contributed by atoms with Gasteiger partial charge in [-0.3, -0.25) is 9.69 Å². The van der Waals surface area contributed by atoms with Crippen molar-refractivity contribution in [2.45, 2.75) is 38.8 Å². The van der Waals surface area contributed by atoms with Crippen molar-refractivity contribution in [3.8, 4) is 11.5 Å². The van der Waals surface area contributed by atoms with Crippen LogP contribution in [0, 0.1) is 0 Å². The summed E-state index contributed by atoms with van der Waals surface area (Å²) in [7, 11) is 1.67. The molecule has 172 valence electrons. The van der Waals surface area contributed by atoms with E-state index >= 15 is 0 Å². The first kappa shape index (κ1) is 22.9. The number of benzene rings is 3. The zero-order valence-corrected chi connectivity index (χ0v) is 19.2. The minimum absolute atomic E-state index is 0.00243. The number of phenolic OH excluding ortho intramolecular Hbond substituents is 1. The number of aryl methyl sites for hydroxylation is 1. The van der Waals surface area contributed by atoms with Crippen molar-refractivity contribution >= 4 is 5.91 Å². The van der Waals surface area contributed by atoms with Crippen LogP contribution in [-0.4, -0.2) is 36.1 Å². The summed E-state index contributed by atoms with van der Waals surface area (Å²) < 4.78 is 5.20. The Bertz CT molecular complexity index is 1080. The van der Waals surface area contributed by atoms with Crippen LogP contribution in [0.2, 0.25) is 0 Å². The summed E-state index contributed by atoms with van der Waals surface area (Å²) in [6, 6.07) is 21.7. The number of amides is 1.